The van der Waals surface area contributed by atoms with E-state index >= 15 is 0 Å². The average Bonchev–Trinajstić information content (AvgIpc) is 3.47. The Morgan fingerprint density at radius 3 is 2.00 bits per heavy atom. The first-order valence-electron chi connectivity index (χ1n) is 14.7. The first-order chi connectivity index (χ1) is 19.5. The van der Waals surface area contributed by atoms with E-state index in [0.717, 1.165) is 35.1 Å². The maximum Gasteiger partial charge on any atom is 0.252 e. The molecule has 0 radical (unpaired) electrons. The summed E-state index contributed by atoms with van der Waals surface area (Å²) in [5.74, 6) is 1.16. The van der Waals surface area contributed by atoms with Gasteiger partial charge in [0.25, 0.3) is 5.95 Å². The standard InChI is InChI=1S/C33H46N8S/c1-12-40(13-2)30-37-28(27(42-30)33(9,10)11)38-39-29-36-25(19-34)26(20-35)41(29)21-22-14-16-23(17-15-22)24(32(6,7)8)18-31(3,4)5/h14-17,24H,12-13,18,21H2,1-11H3/b39-38+. The molecule has 0 aliphatic carbocycles. The number of nitriles is 2. The van der Waals surface area contributed by atoms with Crippen molar-refractivity contribution in [3.63, 3.8) is 0 Å². The zero-order valence-corrected chi connectivity index (χ0v) is 28.0. The molecule has 0 amide bonds. The van der Waals surface area contributed by atoms with E-state index in [9.17, 15) is 10.5 Å². The van der Waals surface area contributed by atoms with Gasteiger partial charge in [-0.25, -0.2) is 0 Å². The van der Waals surface area contributed by atoms with Gasteiger partial charge in [-0.1, -0.05) is 97.9 Å². The first-order valence-corrected chi connectivity index (χ1v) is 15.5. The van der Waals surface area contributed by atoms with Crippen molar-refractivity contribution in [1.29, 1.82) is 10.5 Å². The Morgan fingerprint density at radius 2 is 1.52 bits per heavy atom. The second-order valence-corrected chi connectivity index (χ2v) is 15.1. The normalized spacial score (nSPS) is 13.3. The molecule has 1 aromatic carbocycles. The number of azo groups is 1. The molecule has 0 aliphatic heterocycles. The summed E-state index contributed by atoms with van der Waals surface area (Å²) < 4.78 is 1.67. The predicted molar refractivity (Wildman–Crippen MR) is 172 cm³/mol. The molecule has 42 heavy (non-hydrogen) atoms. The second-order valence-electron chi connectivity index (χ2n) is 14.1. The molecule has 1 atom stereocenters. The number of imidazole rings is 1. The number of nitrogens with zero attached hydrogens (tertiary/aromatic N) is 8. The van der Waals surface area contributed by atoms with E-state index in [4.69, 9.17) is 4.98 Å². The minimum absolute atomic E-state index is 0.0409. The van der Waals surface area contributed by atoms with Crippen LogP contribution in [0.4, 0.5) is 16.9 Å². The van der Waals surface area contributed by atoms with Crippen LogP contribution in [-0.2, 0) is 12.0 Å². The van der Waals surface area contributed by atoms with Gasteiger partial charge in [-0.3, -0.25) is 4.57 Å². The van der Waals surface area contributed by atoms with Gasteiger partial charge in [0.1, 0.15) is 12.1 Å². The van der Waals surface area contributed by atoms with E-state index in [1.165, 1.54) is 5.56 Å². The summed E-state index contributed by atoms with van der Waals surface area (Å²) in [6, 6.07) is 12.8. The molecule has 224 valence electrons. The van der Waals surface area contributed by atoms with Gasteiger partial charge >= 0.3 is 0 Å². The lowest BCUT2D eigenvalue weighted by atomic mass is 9.69. The highest BCUT2D eigenvalue weighted by molar-refractivity contribution is 7.16. The van der Waals surface area contributed by atoms with Crippen molar-refractivity contribution in [2.24, 2.45) is 21.1 Å². The largest absolute Gasteiger partial charge is 0.349 e. The van der Waals surface area contributed by atoms with Crippen molar-refractivity contribution >= 4 is 28.2 Å². The quantitative estimate of drug-likeness (QED) is 0.232. The highest BCUT2D eigenvalue weighted by Gasteiger charge is 2.30. The molecule has 2 heterocycles. The third-order valence-electron chi connectivity index (χ3n) is 7.29. The fourth-order valence-electron chi connectivity index (χ4n) is 5.01. The van der Waals surface area contributed by atoms with E-state index in [1.807, 2.05) is 6.07 Å². The van der Waals surface area contributed by atoms with Crippen LogP contribution in [0.25, 0.3) is 0 Å². The Labute approximate surface area is 256 Å². The Hall–Kier alpha value is -3.56. The zero-order valence-electron chi connectivity index (χ0n) is 27.2. The number of anilines is 1. The molecule has 0 saturated carbocycles. The summed E-state index contributed by atoms with van der Waals surface area (Å²) in [4.78, 5) is 12.4. The van der Waals surface area contributed by atoms with Gasteiger partial charge in [0.15, 0.2) is 22.3 Å². The molecule has 1 unspecified atom stereocenters. The number of aromatic nitrogens is 3. The van der Waals surface area contributed by atoms with Crippen LogP contribution in [0.2, 0.25) is 0 Å². The predicted octanol–water partition coefficient (Wildman–Crippen LogP) is 9.26. The van der Waals surface area contributed by atoms with Crippen LogP contribution in [0.1, 0.15) is 116 Å². The summed E-state index contributed by atoms with van der Waals surface area (Å²) in [5, 5.41) is 29.6. The topological polar surface area (TPSA) is 106 Å². The number of thiazole rings is 1. The summed E-state index contributed by atoms with van der Waals surface area (Å²) in [7, 11) is 0. The lowest BCUT2D eigenvalue weighted by molar-refractivity contribution is 0.229. The lowest BCUT2D eigenvalue weighted by Crippen LogP contribution is -2.23. The van der Waals surface area contributed by atoms with Crippen LogP contribution in [0.5, 0.6) is 0 Å². The van der Waals surface area contributed by atoms with Crippen molar-refractivity contribution in [1.82, 2.24) is 14.5 Å². The van der Waals surface area contributed by atoms with Gasteiger partial charge in [0, 0.05) is 18.5 Å². The lowest BCUT2D eigenvalue weighted by Gasteiger charge is -2.36. The minimum atomic E-state index is -0.178. The molecule has 0 bridgehead atoms. The third-order valence-corrected chi connectivity index (χ3v) is 8.82. The van der Waals surface area contributed by atoms with Crippen LogP contribution in [0.15, 0.2) is 34.5 Å². The first kappa shape index (κ1) is 32.9. The van der Waals surface area contributed by atoms with E-state index < -0.39 is 0 Å². The van der Waals surface area contributed by atoms with Crippen LogP contribution in [0.3, 0.4) is 0 Å². The maximum atomic E-state index is 9.94. The van der Waals surface area contributed by atoms with Gasteiger partial charge in [0.2, 0.25) is 0 Å². The molecule has 0 N–H and O–H groups in total. The van der Waals surface area contributed by atoms with Gasteiger partial charge < -0.3 is 4.90 Å². The molecule has 3 aromatic rings. The van der Waals surface area contributed by atoms with Crippen LogP contribution >= 0.6 is 11.3 Å². The van der Waals surface area contributed by atoms with Crippen LogP contribution in [0, 0.1) is 33.5 Å². The molecule has 8 nitrogen and oxygen atoms in total. The van der Waals surface area contributed by atoms with E-state index in [1.54, 1.807) is 15.9 Å². The van der Waals surface area contributed by atoms with Gasteiger partial charge in [-0.05, 0) is 48.1 Å². The highest BCUT2D eigenvalue weighted by Crippen LogP contribution is 2.43. The van der Waals surface area contributed by atoms with Gasteiger partial charge in [0.05, 0.1) is 11.4 Å². The summed E-state index contributed by atoms with van der Waals surface area (Å²) in [6.45, 7) is 26.4. The Balaban J connectivity index is 2.02. The smallest absolute Gasteiger partial charge is 0.252 e. The molecule has 0 spiro atoms. The molecular formula is C33H46N8S. The van der Waals surface area contributed by atoms with Crippen molar-refractivity contribution in [2.75, 3.05) is 18.0 Å². The Bertz CT molecular complexity index is 1470. The minimum Gasteiger partial charge on any atom is -0.349 e. The Kier molecular flexibility index (Phi) is 10.0. The third kappa shape index (κ3) is 7.83. The number of rotatable bonds is 9. The summed E-state index contributed by atoms with van der Waals surface area (Å²) in [6.07, 6.45) is 1.08. The average molecular weight is 587 g/mol. The fourth-order valence-corrected chi connectivity index (χ4v) is 6.20. The molecule has 3 rings (SSSR count). The molecule has 2 aromatic heterocycles. The van der Waals surface area contributed by atoms with E-state index in [-0.39, 0.29) is 33.6 Å². The molecular weight excluding hydrogens is 540 g/mol. The van der Waals surface area contributed by atoms with E-state index in [2.05, 4.69) is 127 Å². The second kappa shape index (κ2) is 12.8. The fraction of sp³-hybridized carbons (Fsp3) is 0.576. The Morgan fingerprint density at radius 1 is 0.905 bits per heavy atom. The van der Waals surface area contributed by atoms with Crippen molar-refractivity contribution in [3.8, 4) is 12.1 Å². The number of benzene rings is 1. The van der Waals surface area contributed by atoms with Crippen molar-refractivity contribution < 1.29 is 0 Å². The molecule has 9 heteroatoms. The number of hydrogen-bond donors (Lipinski definition) is 0. The maximum absolute atomic E-state index is 9.94. The molecule has 0 fully saturated rings. The summed E-state index contributed by atoms with van der Waals surface area (Å²) in [5.41, 5.74) is 2.65. The van der Waals surface area contributed by atoms with Crippen LogP contribution in [-0.4, -0.2) is 27.6 Å². The zero-order chi connectivity index (χ0) is 31.5. The number of hydrogen-bond acceptors (Lipinski definition) is 8. The van der Waals surface area contributed by atoms with Crippen molar-refractivity contribution in [3.05, 3.63) is 51.7 Å². The molecule has 0 aliphatic rings. The monoisotopic (exact) mass is 586 g/mol. The summed E-state index contributed by atoms with van der Waals surface area (Å²) >= 11 is 1.62. The van der Waals surface area contributed by atoms with Crippen LogP contribution < -0.4 is 4.90 Å². The SMILES string of the molecule is CCN(CC)c1nc(/N=N/c2nc(C#N)c(C#N)n2Cc2ccc(C(CC(C)(C)C)C(C)(C)C)cc2)c(C(C)(C)C)s1. The van der Waals surface area contributed by atoms with Crippen molar-refractivity contribution in [2.45, 2.75) is 100 Å². The van der Waals surface area contributed by atoms with Gasteiger partial charge in [-0.2, -0.15) is 20.5 Å². The van der Waals surface area contributed by atoms with Gasteiger partial charge in [-0.15, -0.1) is 10.2 Å². The van der Waals surface area contributed by atoms with E-state index in [0.29, 0.717) is 18.3 Å². The molecule has 0 saturated heterocycles. The highest BCUT2D eigenvalue weighted by atomic mass is 32.1.